The molecule has 1 amide bonds. The van der Waals surface area contributed by atoms with E-state index in [9.17, 15) is 26.7 Å². The first-order chi connectivity index (χ1) is 18.2. The van der Waals surface area contributed by atoms with Crippen LogP contribution >= 0.6 is 0 Å². The first-order valence-corrected chi connectivity index (χ1v) is 12.9. The Labute approximate surface area is 219 Å². The third kappa shape index (κ3) is 4.86. The van der Waals surface area contributed by atoms with Crippen molar-refractivity contribution in [1.29, 1.82) is 0 Å². The van der Waals surface area contributed by atoms with E-state index in [0.29, 0.717) is 29.7 Å². The van der Waals surface area contributed by atoms with Gasteiger partial charge < -0.3 is 18.8 Å². The normalized spacial score (nSPS) is 22.0. The van der Waals surface area contributed by atoms with Crippen LogP contribution in [0.15, 0.2) is 48.4 Å². The lowest BCUT2D eigenvalue weighted by atomic mass is 9.89. The average molecular weight is 546 g/mol. The topological polar surface area (TPSA) is 90.7 Å². The molecule has 2 aliphatic heterocycles. The lowest BCUT2D eigenvalue weighted by molar-refractivity contribution is -0.137. The molecule has 200 valence electrons. The van der Waals surface area contributed by atoms with Gasteiger partial charge in [-0.2, -0.15) is 0 Å². The number of aromatic nitrogens is 2. The van der Waals surface area contributed by atoms with Crippen molar-refractivity contribution in [2.75, 3.05) is 20.2 Å². The van der Waals surface area contributed by atoms with Gasteiger partial charge in [0.15, 0.2) is 17.5 Å². The lowest BCUT2D eigenvalue weighted by Gasteiger charge is -2.49. The Morgan fingerprint density at radius 1 is 1.16 bits per heavy atom. The maximum atomic E-state index is 14.1. The number of benzene rings is 2. The molecule has 5 rings (SSSR count). The van der Waals surface area contributed by atoms with Crippen molar-refractivity contribution in [1.82, 2.24) is 18.8 Å². The number of hydrogen-bond donors (Lipinski definition) is 0. The van der Waals surface area contributed by atoms with Crippen molar-refractivity contribution in [2.24, 2.45) is 0 Å². The number of piperidine rings is 1. The number of imidazole rings is 1. The molecule has 2 aromatic carbocycles. The smallest absolute Gasteiger partial charge is 0.250 e. The number of aryl methyl sites for hydroxylation is 1. The van der Waals surface area contributed by atoms with Gasteiger partial charge in [0, 0.05) is 42.2 Å². The summed E-state index contributed by atoms with van der Waals surface area (Å²) in [4.78, 5) is 19.4. The minimum atomic E-state index is -2.60. The summed E-state index contributed by atoms with van der Waals surface area (Å²) in [5.74, 6) is -4.24. The molecule has 0 bridgehead atoms. The molecular weight excluding hydrogens is 521 g/mol. The molecule has 38 heavy (non-hydrogen) atoms. The summed E-state index contributed by atoms with van der Waals surface area (Å²) in [5.41, 5.74) is 2.76. The van der Waals surface area contributed by atoms with Gasteiger partial charge in [-0.25, -0.2) is 22.5 Å². The van der Waals surface area contributed by atoms with Gasteiger partial charge in [-0.1, -0.05) is 6.07 Å². The number of halogens is 3. The van der Waals surface area contributed by atoms with Gasteiger partial charge in [-0.3, -0.25) is 9.00 Å². The standard InChI is InChI=1S/C26H25F3N4O4S/c1-15-11-31(14-30-15)22-6-3-16(8-24(22)37-2)7-17-4-5-19-12-32(38(35)36)13-23(33(19)26(17)34)18-9-20(27)25(29)21(28)10-18/h3,6-11,14,19,23H,4-5,12-13H2,1-2H3,(H,35,36)/p-1/b17-7+/t19-,23-/m0/s1. The van der Waals surface area contributed by atoms with Crippen LogP contribution in [0.4, 0.5) is 13.2 Å². The molecule has 0 saturated carbocycles. The summed E-state index contributed by atoms with van der Waals surface area (Å²) >= 11 is -2.60. The number of carbonyl (C=O) groups excluding carboxylic acids is 1. The average Bonchev–Trinajstić information content (AvgIpc) is 3.33. The van der Waals surface area contributed by atoms with E-state index in [1.165, 1.54) is 4.90 Å². The van der Waals surface area contributed by atoms with Crippen LogP contribution in [-0.4, -0.2) is 59.7 Å². The van der Waals surface area contributed by atoms with Crippen molar-refractivity contribution >= 4 is 23.2 Å². The zero-order valence-electron chi connectivity index (χ0n) is 20.6. The Balaban J connectivity index is 1.49. The van der Waals surface area contributed by atoms with Crippen LogP contribution < -0.4 is 4.74 Å². The van der Waals surface area contributed by atoms with Crippen LogP contribution in [0.1, 0.15) is 35.7 Å². The van der Waals surface area contributed by atoms with Crippen LogP contribution in [0.2, 0.25) is 0 Å². The molecule has 2 aliphatic rings. The van der Waals surface area contributed by atoms with E-state index < -0.39 is 40.8 Å². The maximum Gasteiger partial charge on any atom is 0.250 e. The fourth-order valence-electron chi connectivity index (χ4n) is 5.11. The largest absolute Gasteiger partial charge is 0.760 e. The van der Waals surface area contributed by atoms with Gasteiger partial charge >= 0.3 is 0 Å². The number of methoxy groups -OCH3 is 1. The molecule has 1 aromatic heterocycles. The zero-order chi connectivity index (χ0) is 27.1. The van der Waals surface area contributed by atoms with E-state index >= 15 is 0 Å². The van der Waals surface area contributed by atoms with E-state index in [1.807, 2.05) is 29.8 Å². The number of nitrogens with zero attached hydrogens (tertiary/aromatic N) is 4. The molecule has 3 atom stereocenters. The zero-order valence-corrected chi connectivity index (χ0v) is 21.4. The van der Waals surface area contributed by atoms with E-state index in [2.05, 4.69) is 4.98 Å². The molecule has 3 heterocycles. The first kappa shape index (κ1) is 26.1. The highest BCUT2D eigenvalue weighted by Gasteiger charge is 2.42. The molecule has 3 aromatic rings. The van der Waals surface area contributed by atoms with Gasteiger partial charge in [0.05, 0.1) is 30.9 Å². The predicted molar refractivity (Wildman–Crippen MR) is 132 cm³/mol. The summed E-state index contributed by atoms with van der Waals surface area (Å²) in [6.45, 7) is 1.73. The molecule has 12 heteroatoms. The molecule has 8 nitrogen and oxygen atoms in total. The number of carbonyl (C=O) groups is 1. The summed E-state index contributed by atoms with van der Waals surface area (Å²) < 4.78 is 73.8. The Kier molecular flexibility index (Phi) is 7.12. The van der Waals surface area contributed by atoms with Crippen molar-refractivity contribution in [3.8, 4) is 11.4 Å². The fourth-order valence-corrected chi connectivity index (χ4v) is 5.66. The van der Waals surface area contributed by atoms with E-state index in [0.717, 1.165) is 27.8 Å². The minimum absolute atomic E-state index is 0.0159. The van der Waals surface area contributed by atoms with Crippen molar-refractivity contribution in [3.05, 3.63) is 82.7 Å². The Morgan fingerprint density at radius 2 is 1.89 bits per heavy atom. The molecule has 2 saturated heterocycles. The van der Waals surface area contributed by atoms with Crippen molar-refractivity contribution in [2.45, 2.75) is 31.8 Å². The van der Waals surface area contributed by atoms with Crippen LogP contribution in [0.5, 0.6) is 5.75 Å². The molecule has 0 radical (unpaired) electrons. The SMILES string of the molecule is COc1cc(/C=C2\CC[C@H]3CN(S(=O)[O-])C[C@@H](c4cc(F)c(F)c(F)c4)N3C2=O)ccc1-n1cnc(C)c1. The quantitative estimate of drug-likeness (QED) is 0.276. The van der Waals surface area contributed by atoms with Gasteiger partial charge in [0.2, 0.25) is 0 Å². The Morgan fingerprint density at radius 3 is 2.53 bits per heavy atom. The third-order valence-corrected chi connectivity index (χ3v) is 7.63. The number of amides is 1. The fraction of sp³-hybridized carbons (Fsp3) is 0.308. The molecular formula is C26H24F3N4O4S-. The summed E-state index contributed by atoms with van der Waals surface area (Å²) in [7, 11) is 1.54. The van der Waals surface area contributed by atoms with Crippen LogP contribution in [-0.2, 0) is 16.1 Å². The highest BCUT2D eigenvalue weighted by Crippen LogP contribution is 2.38. The minimum Gasteiger partial charge on any atom is -0.760 e. The van der Waals surface area contributed by atoms with E-state index in [1.54, 1.807) is 25.6 Å². The number of hydrogen-bond acceptors (Lipinski definition) is 5. The van der Waals surface area contributed by atoms with E-state index in [-0.39, 0.29) is 24.6 Å². The van der Waals surface area contributed by atoms with Crippen LogP contribution in [0, 0.1) is 24.4 Å². The molecule has 0 spiro atoms. The lowest BCUT2D eigenvalue weighted by Crippen LogP contribution is -2.58. The summed E-state index contributed by atoms with van der Waals surface area (Å²) in [6.07, 6.45) is 6.08. The number of piperazine rings is 1. The molecule has 2 fully saturated rings. The number of ether oxygens (including phenoxy) is 1. The number of rotatable bonds is 5. The first-order valence-electron chi connectivity index (χ1n) is 11.9. The second kappa shape index (κ2) is 10.4. The summed E-state index contributed by atoms with van der Waals surface area (Å²) in [6, 6.07) is 5.59. The molecule has 0 aliphatic carbocycles. The third-order valence-electron chi connectivity index (χ3n) is 6.91. The monoisotopic (exact) mass is 545 g/mol. The van der Waals surface area contributed by atoms with Gasteiger partial charge in [0.1, 0.15) is 5.75 Å². The van der Waals surface area contributed by atoms with Gasteiger partial charge in [-0.05, 0) is 61.2 Å². The second-order valence-corrected chi connectivity index (χ2v) is 10.3. The van der Waals surface area contributed by atoms with Gasteiger partial charge in [-0.15, -0.1) is 0 Å². The number of fused-ring (bicyclic) bond motifs is 1. The Hall–Kier alpha value is -3.48. The highest BCUT2D eigenvalue weighted by molar-refractivity contribution is 7.76. The van der Waals surface area contributed by atoms with Crippen LogP contribution in [0.25, 0.3) is 11.8 Å². The molecule has 0 N–H and O–H groups in total. The highest BCUT2D eigenvalue weighted by atomic mass is 32.2. The van der Waals surface area contributed by atoms with E-state index in [4.69, 9.17) is 4.74 Å². The summed E-state index contributed by atoms with van der Waals surface area (Å²) in [5, 5.41) is 0. The van der Waals surface area contributed by atoms with Crippen LogP contribution in [0.3, 0.4) is 0 Å². The predicted octanol–water partition coefficient (Wildman–Crippen LogP) is 3.83. The second-order valence-electron chi connectivity index (χ2n) is 9.31. The van der Waals surface area contributed by atoms with Crippen molar-refractivity contribution in [3.63, 3.8) is 0 Å². The Bertz CT molecular complexity index is 1440. The maximum absolute atomic E-state index is 14.1. The van der Waals surface area contributed by atoms with Crippen molar-refractivity contribution < 1.29 is 31.5 Å². The van der Waals surface area contributed by atoms with Gasteiger partial charge in [0.25, 0.3) is 5.91 Å². The molecule has 1 unspecified atom stereocenters.